The quantitative estimate of drug-likeness (QED) is 0.614. The fourth-order valence-electron chi connectivity index (χ4n) is 1.78. The summed E-state index contributed by atoms with van der Waals surface area (Å²) in [4.78, 5) is 11.7. The van der Waals surface area contributed by atoms with Gasteiger partial charge >= 0.3 is 5.97 Å². The maximum absolute atomic E-state index is 11.7. The molecular weight excluding hydrogens is 308 g/mol. The minimum Gasteiger partial charge on any atom is -0.463 e. The Morgan fingerprint density at radius 1 is 1.32 bits per heavy atom. The van der Waals surface area contributed by atoms with Gasteiger partial charge in [0.25, 0.3) is 0 Å². The van der Waals surface area contributed by atoms with E-state index in [1.165, 1.54) is 0 Å². The summed E-state index contributed by atoms with van der Waals surface area (Å²) in [5, 5.41) is 1.00. The van der Waals surface area contributed by atoms with Gasteiger partial charge in [-0.25, -0.2) is 4.79 Å². The van der Waals surface area contributed by atoms with E-state index < -0.39 is 0 Å². The van der Waals surface area contributed by atoms with Gasteiger partial charge in [0, 0.05) is 21.0 Å². The Kier molecular flexibility index (Phi) is 4.10. The number of esters is 1. The van der Waals surface area contributed by atoms with Gasteiger partial charge in [-0.05, 0) is 45.0 Å². The molecule has 0 bridgehead atoms. The molecule has 0 amide bonds. The molecule has 0 aliphatic rings. The van der Waals surface area contributed by atoms with Crippen molar-refractivity contribution in [1.82, 2.24) is 0 Å². The topological polar surface area (TPSA) is 39.4 Å². The van der Waals surface area contributed by atoms with Crippen molar-refractivity contribution >= 4 is 38.4 Å². The third-order valence-corrected chi connectivity index (χ3v) is 3.49. The average molecular weight is 323 g/mol. The second-order valence-corrected chi connectivity index (χ2v) is 5.18. The van der Waals surface area contributed by atoms with E-state index in [0.29, 0.717) is 17.9 Å². The number of hydrogen-bond acceptors (Lipinski definition) is 3. The summed E-state index contributed by atoms with van der Waals surface area (Å²) in [7, 11) is 0. The Morgan fingerprint density at radius 3 is 2.74 bits per heavy atom. The highest BCUT2D eigenvalue weighted by molar-refractivity contribution is 9.10. The summed E-state index contributed by atoms with van der Waals surface area (Å²) in [6, 6.07) is 7.73. The van der Waals surface area contributed by atoms with Crippen molar-refractivity contribution in [2.45, 2.75) is 20.8 Å². The van der Waals surface area contributed by atoms with Crippen LogP contribution in [0.25, 0.3) is 16.5 Å². The lowest BCUT2D eigenvalue weighted by atomic mass is 10.1. The first-order valence-corrected chi connectivity index (χ1v) is 6.86. The van der Waals surface area contributed by atoms with E-state index in [1.807, 2.05) is 31.2 Å². The van der Waals surface area contributed by atoms with Gasteiger partial charge in [-0.3, -0.25) is 0 Å². The first-order chi connectivity index (χ1) is 9.02. The van der Waals surface area contributed by atoms with Gasteiger partial charge < -0.3 is 9.15 Å². The molecule has 4 heteroatoms. The molecule has 1 heterocycles. The first kappa shape index (κ1) is 13.9. The van der Waals surface area contributed by atoms with Gasteiger partial charge in [0.05, 0.1) is 6.61 Å². The van der Waals surface area contributed by atoms with Crippen molar-refractivity contribution < 1.29 is 13.9 Å². The molecule has 0 atom stereocenters. The van der Waals surface area contributed by atoms with Crippen molar-refractivity contribution in [2.24, 2.45) is 0 Å². The van der Waals surface area contributed by atoms with E-state index in [4.69, 9.17) is 9.15 Å². The molecule has 0 aliphatic carbocycles. The molecule has 1 aromatic carbocycles. The normalized spacial score (nSPS) is 12.4. The van der Waals surface area contributed by atoms with E-state index >= 15 is 0 Å². The Morgan fingerprint density at radius 2 is 2.05 bits per heavy atom. The van der Waals surface area contributed by atoms with Crippen LogP contribution in [-0.4, -0.2) is 12.6 Å². The lowest BCUT2D eigenvalue weighted by Gasteiger charge is -2.04. The lowest BCUT2D eigenvalue weighted by molar-refractivity contribution is -0.138. The molecule has 0 saturated carbocycles. The Balaban J connectivity index is 2.43. The molecule has 0 saturated heterocycles. The molecule has 0 radical (unpaired) electrons. The SMILES string of the molecule is CCOC(=O)/C(C)=C(\C)c1cc2cc(Br)ccc2o1. The largest absolute Gasteiger partial charge is 0.463 e. The summed E-state index contributed by atoms with van der Waals surface area (Å²) in [6.07, 6.45) is 0. The van der Waals surface area contributed by atoms with Gasteiger partial charge in [0.1, 0.15) is 11.3 Å². The second-order valence-electron chi connectivity index (χ2n) is 4.26. The molecular formula is C15H15BrO3. The minimum atomic E-state index is -0.304. The number of carbonyl (C=O) groups excluding carboxylic acids is 1. The maximum atomic E-state index is 11.7. The lowest BCUT2D eigenvalue weighted by Crippen LogP contribution is -2.06. The Labute approximate surface area is 120 Å². The van der Waals surface area contributed by atoms with Gasteiger partial charge in [-0.2, -0.15) is 0 Å². The fraction of sp³-hybridized carbons (Fsp3) is 0.267. The van der Waals surface area contributed by atoms with Crippen molar-refractivity contribution in [3.8, 4) is 0 Å². The predicted octanol–water partition coefficient (Wildman–Crippen LogP) is 4.55. The number of furan rings is 1. The molecule has 3 nitrogen and oxygen atoms in total. The Hall–Kier alpha value is -1.55. The smallest absolute Gasteiger partial charge is 0.334 e. The second kappa shape index (κ2) is 5.61. The third-order valence-electron chi connectivity index (χ3n) is 2.99. The maximum Gasteiger partial charge on any atom is 0.334 e. The van der Waals surface area contributed by atoms with Crippen LogP contribution in [0.5, 0.6) is 0 Å². The van der Waals surface area contributed by atoms with Crippen LogP contribution in [0.2, 0.25) is 0 Å². The molecule has 0 aliphatic heterocycles. The minimum absolute atomic E-state index is 0.304. The van der Waals surface area contributed by atoms with E-state index in [9.17, 15) is 4.79 Å². The van der Waals surface area contributed by atoms with E-state index in [-0.39, 0.29) is 5.97 Å². The number of benzene rings is 1. The predicted molar refractivity (Wildman–Crippen MR) is 78.8 cm³/mol. The van der Waals surface area contributed by atoms with Crippen LogP contribution in [0.15, 0.2) is 38.7 Å². The third kappa shape index (κ3) is 2.89. The average Bonchev–Trinajstić information content (AvgIpc) is 2.80. The number of allylic oxidation sites excluding steroid dienone is 1. The molecule has 0 spiro atoms. The van der Waals surface area contributed by atoms with Crippen molar-refractivity contribution in [2.75, 3.05) is 6.61 Å². The van der Waals surface area contributed by atoms with Gasteiger partial charge in [0.15, 0.2) is 0 Å². The van der Waals surface area contributed by atoms with Gasteiger partial charge in [-0.1, -0.05) is 15.9 Å². The van der Waals surface area contributed by atoms with E-state index in [2.05, 4.69) is 15.9 Å². The molecule has 2 aromatic rings. The van der Waals surface area contributed by atoms with Gasteiger partial charge in [0.2, 0.25) is 0 Å². The van der Waals surface area contributed by atoms with E-state index in [1.54, 1.807) is 13.8 Å². The molecule has 0 N–H and O–H groups in total. The van der Waals surface area contributed by atoms with Crippen LogP contribution in [0.3, 0.4) is 0 Å². The molecule has 100 valence electrons. The summed E-state index contributed by atoms with van der Waals surface area (Å²) >= 11 is 3.42. The highest BCUT2D eigenvalue weighted by Gasteiger charge is 2.13. The molecule has 1 aromatic heterocycles. The zero-order chi connectivity index (χ0) is 14.0. The molecule has 0 unspecified atom stereocenters. The van der Waals surface area contributed by atoms with Crippen LogP contribution in [0, 0.1) is 0 Å². The molecule has 19 heavy (non-hydrogen) atoms. The monoisotopic (exact) mass is 322 g/mol. The highest BCUT2D eigenvalue weighted by atomic mass is 79.9. The number of ether oxygens (including phenoxy) is 1. The number of halogens is 1. The van der Waals surface area contributed by atoms with Crippen molar-refractivity contribution in [3.05, 3.63) is 40.1 Å². The van der Waals surface area contributed by atoms with Crippen LogP contribution < -0.4 is 0 Å². The van der Waals surface area contributed by atoms with Crippen LogP contribution in [0.4, 0.5) is 0 Å². The molecule has 2 rings (SSSR count). The number of hydrogen-bond donors (Lipinski definition) is 0. The van der Waals surface area contributed by atoms with Crippen LogP contribution in [-0.2, 0) is 9.53 Å². The summed E-state index contributed by atoms with van der Waals surface area (Å²) in [5.41, 5.74) is 2.17. The van der Waals surface area contributed by atoms with Crippen LogP contribution >= 0.6 is 15.9 Å². The summed E-state index contributed by atoms with van der Waals surface area (Å²) < 4.78 is 11.7. The fourth-order valence-corrected chi connectivity index (χ4v) is 2.16. The van der Waals surface area contributed by atoms with Crippen LogP contribution in [0.1, 0.15) is 26.5 Å². The van der Waals surface area contributed by atoms with Gasteiger partial charge in [-0.15, -0.1) is 0 Å². The first-order valence-electron chi connectivity index (χ1n) is 6.07. The zero-order valence-corrected chi connectivity index (χ0v) is 12.7. The van der Waals surface area contributed by atoms with Crippen molar-refractivity contribution in [1.29, 1.82) is 0 Å². The van der Waals surface area contributed by atoms with E-state index in [0.717, 1.165) is 21.0 Å². The molecule has 0 fully saturated rings. The zero-order valence-electron chi connectivity index (χ0n) is 11.1. The number of fused-ring (bicyclic) bond motifs is 1. The highest BCUT2D eigenvalue weighted by Crippen LogP contribution is 2.28. The number of rotatable bonds is 3. The standard InChI is InChI=1S/C15H15BrO3/c1-4-18-15(17)10(3)9(2)14-8-11-7-12(16)5-6-13(11)19-14/h5-8H,4H2,1-3H3/b10-9+. The Bertz CT molecular complexity index is 652. The number of carbonyl (C=O) groups is 1. The van der Waals surface area contributed by atoms with Crippen molar-refractivity contribution in [3.63, 3.8) is 0 Å². The summed E-state index contributed by atoms with van der Waals surface area (Å²) in [5.74, 6) is 0.389. The summed E-state index contributed by atoms with van der Waals surface area (Å²) in [6.45, 7) is 5.77.